The summed E-state index contributed by atoms with van der Waals surface area (Å²) < 4.78 is -0.0329. The predicted molar refractivity (Wildman–Crippen MR) is 60.1 cm³/mol. The summed E-state index contributed by atoms with van der Waals surface area (Å²) in [5.74, 6) is -0.703. The van der Waals surface area contributed by atoms with E-state index < -0.39 is 5.97 Å². The maximum atomic E-state index is 10.7. The van der Waals surface area contributed by atoms with E-state index in [1.54, 1.807) is 11.8 Å². The highest BCUT2D eigenvalue weighted by atomic mass is 32.2. The van der Waals surface area contributed by atoms with Crippen LogP contribution >= 0.6 is 11.8 Å². The molecule has 0 saturated heterocycles. The van der Waals surface area contributed by atoms with E-state index in [2.05, 4.69) is 0 Å². The molecule has 0 heterocycles. The Morgan fingerprint density at radius 3 is 2.53 bits per heavy atom. The van der Waals surface area contributed by atoms with E-state index >= 15 is 0 Å². The molecule has 0 aromatic heterocycles. The van der Waals surface area contributed by atoms with Crippen molar-refractivity contribution >= 4 is 17.7 Å². The van der Waals surface area contributed by atoms with Gasteiger partial charge in [-0.15, -0.1) is 11.8 Å². The van der Waals surface area contributed by atoms with Crippen molar-refractivity contribution in [1.82, 2.24) is 0 Å². The van der Waals surface area contributed by atoms with Crippen LogP contribution in [-0.4, -0.2) is 32.3 Å². The van der Waals surface area contributed by atoms with Crippen molar-refractivity contribution in [3.8, 4) is 0 Å². The van der Waals surface area contributed by atoms with Crippen molar-refractivity contribution in [2.75, 3.05) is 0 Å². The molecule has 0 aromatic rings. The van der Waals surface area contributed by atoms with E-state index in [4.69, 9.17) is 5.11 Å². The van der Waals surface area contributed by atoms with Gasteiger partial charge in [-0.05, 0) is 25.7 Å². The Morgan fingerprint density at radius 1 is 1.33 bits per heavy atom. The molecule has 2 aliphatic rings. The quantitative estimate of drug-likeness (QED) is 0.776. The lowest BCUT2D eigenvalue weighted by atomic mass is 9.97. The summed E-state index contributed by atoms with van der Waals surface area (Å²) >= 11 is 1.74. The summed E-state index contributed by atoms with van der Waals surface area (Å²) in [6, 6.07) is 0. The first-order chi connectivity index (χ1) is 7.11. The number of rotatable bonds is 4. The Morgan fingerprint density at radius 2 is 2.00 bits per heavy atom. The average Bonchev–Trinajstić information content (AvgIpc) is 2.88. The van der Waals surface area contributed by atoms with Crippen LogP contribution in [0.3, 0.4) is 0 Å². The molecule has 0 bridgehead atoms. The molecular formula is C11H18O3S. The predicted octanol–water partition coefficient (Wildman–Crippen LogP) is 2.03. The number of carboxylic acid groups (broad SMARTS) is 1. The molecule has 15 heavy (non-hydrogen) atoms. The summed E-state index contributed by atoms with van der Waals surface area (Å²) in [5, 5.41) is 18.9. The van der Waals surface area contributed by atoms with E-state index in [1.165, 1.54) is 6.42 Å². The minimum atomic E-state index is -0.703. The van der Waals surface area contributed by atoms with Gasteiger partial charge in [0.05, 0.1) is 12.5 Å². The lowest BCUT2D eigenvalue weighted by Crippen LogP contribution is -2.30. The smallest absolute Gasteiger partial charge is 0.304 e. The first kappa shape index (κ1) is 11.3. The monoisotopic (exact) mass is 230 g/mol. The van der Waals surface area contributed by atoms with Gasteiger partial charge >= 0.3 is 5.97 Å². The average molecular weight is 230 g/mol. The van der Waals surface area contributed by atoms with Gasteiger partial charge in [0.15, 0.2) is 0 Å². The Kier molecular flexibility index (Phi) is 3.26. The SMILES string of the molecule is O=C(O)CC1(S[C@H]2CCCC[C@@H]2O)CC1. The first-order valence-electron chi connectivity index (χ1n) is 5.69. The Hall–Kier alpha value is -0.220. The van der Waals surface area contributed by atoms with Gasteiger partial charge < -0.3 is 10.2 Å². The van der Waals surface area contributed by atoms with E-state index in [1.807, 2.05) is 0 Å². The lowest BCUT2D eigenvalue weighted by molar-refractivity contribution is -0.137. The Balaban J connectivity index is 1.87. The van der Waals surface area contributed by atoms with Crippen LogP contribution in [-0.2, 0) is 4.79 Å². The summed E-state index contributed by atoms with van der Waals surface area (Å²) in [5.41, 5.74) is 0. The first-order valence-corrected chi connectivity index (χ1v) is 6.57. The van der Waals surface area contributed by atoms with Gasteiger partial charge in [0.1, 0.15) is 0 Å². The lowest BCUT2D eigenvalue weighted by Gasteiger charge is -2.30. The maximum absolute atomic E-state index is 10.7. The number of hydrogen-bond acceptors (Lipinski definition) is 3. The van der Waals surface area contributed by atoms with Gasteiger partial charge in [-0.25, -0.2) is 0 Å². The van der Waals surface area contributed by atoms with Gasteiger partial charge in [0.25, 0.3) is 0 Å². The van der Waals surface area contributed by atoms with E-state index in [9.17, 15) is 9.90 Å². The standard InChI is InChI=1S/C11H18O3S/c12-8-3-1-2-4-9(8)15-11(5-6-11)7-10(13)14/h8-9,12H,1-7H2,(H,13,14)/t8-,9-/m0/s1. The molecule has 0 aliphatic heterocycles. The van der Waals surface area contributed by atoms with Gasteiger partial charge in [0, 0.05) is 10.00 Å². The second-order valence-electron chi connectivity index (χ2n) is 4.76. The molecule has 0 unspecified atom stereocenters. The molecule has 2 aliphatic carbocycles. The molecule has 86 valence electrons. The van der Waals surface area contributed by atoms with E-state index in [0.29, 0.717) is 0 Å². The van der Waals surface area contributed by atoms with Crippen molar-refractivity contribution < 1.29 is 15.0 Å². The van der Waals surface area contributed by atoms with Gasteiger partial charge in [-0.3, -0.25) is 4.79 Å². The third-order valence-corrected chi connectivity index (χ3v) is 5.26. The van der Waals surface area contributed by atoms with Crippen LogP contribution in [0, 0.1) is 0 Å². The normalized spacial score (nSPS) is 33.7. The maximum Gasteiger partial charge on any atom is 0.304 e. The van der Waals surface area contributed by atoms with Crippen LogP contribution in [0.1, 0.15) is 44.9 Å². The zero-order valence-corrected chi connectivity index (χ0v) is 9.63. The fraction of sp³-hybridized carbons (Fsp3) is 0.909. The Labute approximate surface area is 94.3 Å². The number of aliphatic hydroxyl groups excluding tert-OH is 1. The molecule has 0 amide bonds. The number of aliphatic carboxylic acids is 1. The highest BCUT2D eigenvalue weighted by Gasteiger charge is 2.47. The number of carboxylic acids is 1. The van der Waals surface area contributed by atoms with Crippen molar-refractivity contribution in [3.05, 3.63) is 0 Å². The third-order valence-electron chi connectivity index (χ3n) is 3.35. The fourth-order valence-corrected chi connectivity index (χ4v) is 4.05. The second-order valence-corrected chi connectivity index (χ2v) is 6.47. The van der Waals surface area contributed by atoms with Crippen LogP contribution in [0.25, 0.3) is 0 Å². The van der Waals surface area contributed by atoms with Crippen molar-refractivity contribution in [3.63, 3.8) is 0 Å². The van der Waals surface area contributed by atoms with Crippen molar-refractivity contribution in [2.24, 2.45) is 0 Å². The van der Waals surface area contributed by atoms with Gasteiger partial charge in [0.2, 0.25) is 0 Å². The second kappa shape index (κ2) is 4.34. The fourth-order valence-electron chi connectivity index (χ4n) is 2.29. The molecule has 0 aromatic carbocycles. The number of aliphatic hydroxyl groups is 1. The highest BCUT2D eigenvalue weighted by molar-refractivity contribution is 8.01. The molecular weight excluding hydrogens is 212 g/mol. The molecule has 2 rings (SSSR count). The Bertz CT molecular complexity index is 250. The van der Waals surface area contributed by atoms with Crippen LogP contribution in [0.5, 0.6) is 0 Å². The van der Waals surface area contributed by atoms with Crippen LogP contribution in [0.4, 0.5) is 0 Å². The topological polar surface area (TPSA) is 57.5 Å². The molecule has 2 saturated carbocycles. The van der Waals surface area contributed by atoms with Gasteiger partial charge in [-0.1, -0.05) is 12.8 Å². The molecule has 0 spiro atoms. The number of carbonyl (C=O) groups is 1. The minimum absolute atomic E-state index is 0.0329. The minimum Gasteiger partial charge on any atom is -0.481 e. The zero-order chi connectivity index (χ0) is 10.9. The summed E-state index contributed by atoms with van der Waals surface area (Å²) in [6.07, 6.45) is 6.30. The molecule has 4 heteroatoms. The van der Waals surface area contributed by atoms with Crippen molar-refractivity contribution in [1.29, 1.82) is 0 Å². The van der Waals surface area contributed by atoms with Crippen LogP contribution in [0.2, 0.25) is 0 Å². The molecule has 3 nitrogen and oxygen atoms in total. The third kappa shape index (κ3) is 2.88. The summed E-state index contributed by atoms with van der Waals surface area (Å²) in [4.78, 5) is 10.7. The summed E-state index contributed by atoms with van der Waals surface area (Å²) in [6.45, 7) is 0. The van der Waals surface area contributed by atoms with Crippen LogP contribution < -0.4 is 0 Å². The van der Waals surface area contributed by atoms with Crippen molar-refractivity contribution in [2.45, 2.75) is 61.0 Å². The summed E-state index contributed by atoms with van der Waals surface area (Å²) in [7, 11) is 0. The van der Waals surface area contributed by atoms with Crippen LogP contribution in [0.15, 0.2) is 0 Å². The molecule has 2 fully saturated rings. The van der Waals surface area contributed by atoms with E-state index in [0.717, 1.165) is 32.1 Å². The molecule has 0 radical (unpaired) electrons. The zero-order valence-electron chi connectivity index (χ0n) is 8.82. The molecule has 2 N–H and O–H groups in total. The highest BCUT2D eigenvalue weighted by Crippen LogP contribution is 2.54. The van der Waals surface area contributed by atoms with Gasteiger partial charge in [-0.2, -0.15) is 0 Å². The number of thioether (sulfide) groups is 1. The number of hydrogen-bond donors (Lipinski definition) is 2. The van der Waals surface area contributed by atoms with E-state index in [-0.39, 0.29) is 22.5 Å². The molecule has 2 atom stereocenters. The largest absolute Gasteiger partial charge is 0.481 e.